The molecule has 2 aromatic carbocycles. The molecule has 0 saturated heterocycles. The lowest BCUT2D eigenvalue weighted by Crippen LogP contribution is -2.27. The van der Waals surface area contributed by atoms with Gasteiger partial charge >= 0.3 is 0 Å². The Labute approximate surface area is 156 Å². The van der Waals surface area contributed by atoms with Gasteiger partial charge in [-0.3, -0.25) is 5.41 Å². The van der Waals surface area contributed by atoms with E-state index >= 15 is 0 Å². The SMILES string of the molecule is Cc1cc(N=C2C(=N)N(c3ccccc3)N=C2CO)c(NCCO)cc1O. The average molecular weight is 367 g/mol. The largest absolute Gasteiger partial charge is 0.508 e. The van der Waals surface area contributed by atoms with Gasteiger partial charge in [0.2, 0.25) is 0 Å². The number of aryl methyl sites for hydroxylation is 1. The molecule has 1 aliphatic heterocycles. The van der Waals surface area contributed by atoms with Crippen LogP contribution in [0.25, 0.3) is 0 Å². The second-order valence-electron chi connectivity index (χ2n) is 5.97. The third-order valence-electron chi connectivity index (χ3n) is 4.05. The molecular formula is C19H21N5O3. The molecule has 2 aromatic rings. The van der Waals surface area contributed by atoms with Crippen LogP contribution in [0.15, 0.2) is 52.6 Å². The fourth-order valence-electron chi connectivity index (χ4n) is 2.66. The van der Waals surface area contributed by atoms with Gasteiger partial charge in [-0.1, -0.05) is 18.2 Å². The zero-order valence-electron chi connectivity index (χ0n) is 14.8. The molecule has 140 valence electrons. The third kappa shape index (κ3) is 3.81. The van der Waals surface area contributed by atoms with E-state index in [1.807, 2.05) is 30.3 Å². The minimum atomic E-state index is -0.360. The second kappa shape index (κ2) is 7.98. The summed E-state index contributed by atoms with van der Waals surface area (Å²) in [7, 11) is 0. The number of amidine groups is 1. The number of hydrogen-bond donors (Lipinski definition) is 5. The Bertz CT molecular complexity index is 909. The number of nitrogens with zero attached hydrogens (tertiary/aromatic N) is 3. The molecular weight excluding hydrogens is 346 g/mol. The van der Waals surface area contributed by atoms with Crippen LogP contribution < -0.4 is 10.3 Å². The summed E-state index contributed by atoms with van der Waals surface area (Å²) >= 11 is 0. The summed E-state index contributed by atoms with van der Waals surface area (Å²) in [5.74, 6) is 0.145. The van der Waals surface area contributed by atoms with Crippen LogP contribution in [0.3, 0.4) is 0 Å². The third-order valence-corrected chi connectivity index (χ3v) is 4.05. The van der Waals surface area contributed by atoms with Gasteiger partial charge in [0.05, 0.1) is 30.3 Å². The molecule has 0 fully saturated rings. The number of phenols is 1. The molecule has 0 aromatic heterocycles. The second-order valence-corrected chi connectivity index (χ2v) is 5.97. The molecule has 27 heavy (non-hydrogen) atoms. The van der Waals surface area contributed by atoms with Gasteiger partial charge < -0.3 is 20.6 Å². The number of hydrazone groups is 1. The molecule has 0 spiro atoms. The van der Waals surface area contributed by atoms with Gasteiger partial charge in [0.1, 0.15) is 17.2 Å². The van der Waals surface area contributed by atoms with E-state index < -0.39 is 0 Å². The summed E-state index contributed by atoms with van der Waals surface area (Å²) in [6, 6.07) is 12.4. The van der Waals surface area contributed by atoms with Crippen LogP contribution in [-0.2, 0) is 0 Å². The first kappa shape index (κ1) is 18.6. The van der Waals surface area contributed by atoms with Crippen molar-refractivity contribution in [1.82, 2.24) is 0 Å². The van der Waals surface area contributed by atoms with E-state index in [2.05, 4.69) is 15.4 Å². The van der Waals surface area contributed by atoms with Gasteiger partial charge in [0.25, 0.3) is 0 Å². The Morgan fingerprint density at radius 3 is 2.59 bits per heavy atom. The van der Waals surface area contributed by atoms with E-state index in [0.29, 0.717) is 22.6 Å². The van der Waals surface area contributed by atoms with Crippen LogP contribution in [0.2, 0.25) is 0 Å². The molecule has 3 rings (SSSR count). The van der Waals surface area contributed by atoms with Crippen LogP contribution in [0.5, 0.6) is 5.75 Å². The topological polar surface area (TPSA) is 125 Å². The number of para-hydroxylation sites is 1. The Balaban J connectivity index is 2.02. The molecule has 0 aliphatic carbocycles. The van der Waals surface area contributed by atoms with E-state index in [1.54, 1.807) is 13.0 Å². The minimum Gasteiger partial charge on any atom is -0.508 e. The van der Waals surface area contributed by atoms with Crippen molar-refractivity contribution in [1.29, 1.82) is 5.41 Å². The highest BCUT2D eigenvalue weighted by atomic mass is 16.3. The van der Waals surface area contributed by atoms with Gasteiger partial charge in [0, 0.05) is 12.6 Å². The van der Waals surface area contributed by atoms with Crippen molar-refractivity contribution in [2.24, 2.45) is 10.1 Å². The number of benzene rings is 2. The molecule has 0 radical (unpaired) electrons. The number of phenolic OH excluding ortho intramolecular Hbond substituents is 1. The minimum absolute atomic E-state index is 0.0455. The highest BCUT2D eigenvalue weighted by Gasteiger charge is 2.29. The number of aliphatic hydroxyl groups excluding tert-OH is 2. The van der Waals surface area contributed by atoms with Crippen molar-refractivity contribution in [2.45, 2.75) is 6.92 Å². The highest BCUT2D eigenvalue weighted by molar-refractivity contribution is 6.72. The molecule has 0 saturated carbocycles. The van der Waals surface area contributed by atoms with Gasteiger partial charge in [-0.2, -0.15) is 5.10 Å². The van der Waals surface area contributed by atoms with Crippen molar-refractivity contribution < 1.29 is 15.3 Å². The fourth-order valence-corrected chi connectivity index (χ4v) is 2.66. The smallest absolute Gasteiger partial charge is 0.174 e. The first-order chi connectivity index (χ1) is 13.0. The van der Waals surface area contributed by atoms with Gasteiger partial charge in [0.15, 0.2) is 5.84 Å². The van der Waals surface area contributed by atoms with Crippen LogP contribution in [-0.4, -0.2) is 52.3 Å². The number of aliphatic hydroxyl groups is 2. The normalized spacial score (nSPS) is 15.4. The summed E-state index contributed by atoms with van der Waals surface area (Å²) in [6.45, 7) is 1.59. The standard InChI is InChI=1S/C19H21N5O3/c1-12-9-15(14(10-17(12)27)21-7-8-25)22-18-16(11-26)23-24(19(18)20)13-5-3-2-4-6-13/h2-6,9-10,20-21,25-27H,7-8,11H2,1H3. The van der Waals surface area contributed by atoms with Crippen LogP contribution in [0, 0.1) is 12.3 Å². The van der Waals surface area contributed by atoms with E-state index in [-0.39, 0.29) is 42.8 Å². The molecule has 0 unspecified atom stereocenters. The average Bonchev–Trinajstić information content (AvgIpc) is 3.00. The Morgan fingerprint density at radius 2 is 1.93 bits per heavy atom. The van der Waals surface area contributed by atoms with Crippen molar-refractivity contribution in [2.75, 3.05) is 30.1 Å². The zero-order valence-corrected chi connectivity index (χ0v) is 14.8. The molecule has 5 N–H and O–H groups in total. The van der Waals surface area contributed by atoms with E-state index in [1.165, 1.54) is 11.1 Å². The lowest BCUT2D eigenvalue weighted by atomic mass is 10.1. The van der Waals surface area contributed by atoms with Crippen LogP contribution in [0.4, 0.5) is 17.1 Å². The Hall–Kier alpha value is -3.23. The molecule has 8 nitrogen and oxygen atoms in total. The maximum atomic E-state index is 9.96. The van der Waals surface area contributed by atoms with E-state index in [9.17, 15) is 10.2 Å². The summed E-state index contributed by atoms with van der Waals surface area (Å²) in [4.78, 5) is 4.53. The Morgan fingerprint density at radius 1 is 1.19 bits per heavy atom. The summed E-state index contributed by atoms with van der Waals surface area (Å²) < 4.78 is 0. The number of rotatable bonds is 6. The predicted molar refractivity (Wildman–Crippen MR) is 107 cm³/mol. The monoisotopic (exact) mass is 367 g/mol. The van der Waals surface area contributed by atoms with Crippen molar-refractivity contribution in [3.05, 3.63) is 48.0 Å². The van der Waals surface area contributed by atoms with E-state index in [4.69, 9.17) is 10.5 Å². The first-order valence-electron chi connectivity index (χ1n) is 8.45. The van der Waals surface area contributed by atoms with Gasteiger partial charge in [-0.05, 0) is 30.7 Å². The first-order valence-corrected chi connectivity index (χ1v) is 8.45. The molecule has 1 aliphatic rings. The summed E-state index contributed by atoms with van der Waals surface area (Å²) in [5, 5.41) is 45.9. The number of hydrogen-bond acceptors (Lipinski definition) is 7. The van der Waals surface area contributed by atoms with Crippen LogP contribution in [0.1, 0.15) is 5.56 Å². The summed E-state index contributed by atoms with van der Waals surface area (Å²) in [5.41, 5.74) is 2.84. The molecule has 0 bridgehead atoms. The molecule has 0 amide bonds. The number of anilines is 2. The molecule has 8 heteroatoms. The zero-order chi connectivity index (χ0) is 19.4. The number of nitrogens with one attached hydrogen (secondary N) is 2. The lowest BCUT2D eigenvalue weighted by Gasteiger charge is -2.14. The maximum absolute atomic E-state index is 9.96. The van der Waals surface area contributed by atoms with E-state index in [0.717, 1.165) is 0 Å². The quantitative estimate of drug-likeness (QED) is 0.534. The Kier molecular flexibility index (Phi) is 5.49. The molecule has 1 heterocycles. The van der Waals surface area contributed by atoms with Crippen LogP contribution >= 0.6 is 0 Å². The van der Waals surface area contributed by atoms with Crippen molar-refractivity contribution in [3.63, 3.8) is 0 Å². The summed E-state index contributed by atoms with van der Waals surface area (Å²) in [6.07, 6.45) is 0. The lowest BCUT2D eigenvalue weighted by molar-refractivity contribution is 0.311. The fraction of sp³-hybridized carbons (Fsp3) is 0.211. The highest BCUT2D eigenvalue weighted by Crippen LogP contribution is 2.33. The number of aromatic hydroxyl groups is 1. The molecule has 0 atom stereocenters. The number of aliphatic imine (C=N–C) groups is 1. The van der Waals surface area contributed by atoms with Crippen molar-refractivity contribution in [3.8, 4) is 5.75 Å². The van der Waals surface area contributed by atoms with Gasteiger partial charge in [-0.25, -0.2) is 10.0 Å². The van der Waals surface area contributed by atoms with Crippen molar-refractivity contribution >= 4 is 34.3 Å². The predicted octanol–water partition coefficient (Wildman–Crippen LogP) is 2.02. The maximum Gasteiger partial charge on any atom is 0.174 e. The van der Waals surface area contributed by atoms with Gasteiger partial charge in [-0.15, -0.1) is 0 Å².